The number of hydrogen-bond acceptors (Lipinski definition) is 3. The van der Waals surface area contributed by atoms with Crippen LogP contribution in [0.25, 0.3) is 0 Å². The number of amides is 1. The van der Waals surface area contributed by atoms with E-state index in [1.165, 1.54) is 12.3 Å². The molecule has 3 unspecified atom stereocenters. The lowest BCUT2D eigenvalue weighted by Gasteiger charge is -2.42. The molecule has 168 valence electrons. The van der Waals surface area contributed by atoms with Gasteiger partial charge in [0.1, 0.15) is 5.82 Å². The van der Waals surface area contributed by atoms with Gasteiger partial charge in [0.2, 0.25) is 0 Å². The van der Waals surface area contributed by atoms with Gasteiger partial charge in [-0.2, -0.15) is 0 Å². The highest BCUT2D eigenvalue weighted by Crippen LogP contribution is 2.35. The Morgan fingerprint density at radius 2 is 1.81 bits per heavy atom. The molecule has 31 heavy (non-hydrogen) atoms. The number of hydrogen-bond donors (Lipinski definition) is 0. The Morgan fingerprint density at radius 1 is 1.13 bits per heavy atom. The van der Waals surface area contributed by atoms with Crippen LogP contribution in [0.3, 0.4) is 0 Å². The maximum absolute atomic E-state index is 14.5. The maximum atomic E-state index is 14.5. The summed E-state index contributed by atoms with van der Waals surface area (Å²) in [5, 5.41) is 0.304. The Morgan fingerprint density at radius 3 is 2.42 bits per heavy atom. The Hall–Kier alpha value is -1.92. The molecular formula is C24H29ClFNO3S. The molecule has 0 bridgehead atoms. The number of carbonyl (C=O) groups is 1. The molecule has 0 N–H and O–H groups in total. The minimum absolute atomic E-state index is 0.0254. The molecule has 0 aliphatic heterocycles. The lowest BCUT2D eigenvalue weighted by molar-refractivity contribution is 0.0446. The van der Waals surface area contributed by atoms with E-state index in [9.17, 15) is 17.6 Å². The molecule has 7 heteroatoms. The van der Waals surface area contributed by atoms with Gasteiger partial charge in [0, 0.05) is 28.4 Å². The van der Waals surface area contributed by atoms with Crippen molar-refractivity contribution in [1.82, 2.24) is 4.90 Å². The van der Waals surface area contributed by atoms with Crippen LogP contribution in [0.1, 0.15) is 54.6 Å². The van der Waals surface area contributed by atoms with Gasteiger partial charge in [0.05, 0.1) is 12.3 Å². The first-order valence-electron chi connectivity index (χ1n) is 10.6. The standard InChI is InChI=1S/C24H29ClFNO3S/c1-16-6-4-9-23(17(16)2)27(14-20-21(25)7-5-8-22(20)26)24(28)19-12-10-18(11-13-19)15-31(3,29)30/h5,7-8,10-13,16-17,23H,4,6,9,14-15H2,1-3H3. The molecule has 0 saturated heterocycles. The van der Waals surface area contributed by atoms with Gasteiger partial charge >= 0.3 is 0 Å². The summed E-state index contributed by atoms with van der Waals surface area (Å²) >= 11 is 6.28. The Balaban J connectivity index is 1.94. The van der Waals surface area contributed by atoms with Crippen LogP contribution < -0.4 is 0 Å². The van der Waals surface area contributed by atoms with Crippen LogP contribution in [0.2, 0.25) is 5.02 Å². The number of nitrogens with zero attached hydrogens (tertiary/aromatic N) is 1. The lowest BCUT2D eigenvalue weighted by atomic mass is 9.77. The van der Waals surface area contributed by atoms with Gasteiger partial charge in [0.15, 0.2) is 9.84 Å². The van der Waals surface area contributed by atoms with Crippen molar-refractivity contribution >= 4 is 27.3 Å². The third kappa shape index (κ3) is 5.86. The van der Waals surface area contributed by atoms with E-state index in [1.54, 1.807) is 41.3 Å². The van der Waals surface area contributed by atoms with E-state index in [2.05, 4.69) is 13.8 Å². The molecule has 1 amide bonds. The summed E-state index contributed by atoms with van der Waals surface area (Å²) in [6.45, 7) is 4.43. The molecule has 3 rings (SSSR count). The van der Waals surface area contributed by atoms with E-state index in [4.69, 9.17) is 11.6 Å². The molecular weight excluding hydrogens is 437 g/mol. The first-order valence-corrected chi connectivity index (χ1v) is 13.0. The summed E-state index contributed by atoms with van der Waals surface area (Å²) in [5.74, 6) is 0.0317. The quantitative estimate of drug-likeness (QED) is 0.566. The fourth-order valence-corrected chi connectivity index (χ4v) is 5.42. The number of carbonyl (C=O) groups excluding carboxylic acids is 1. The summed E-state index contributed by atoms with van der Waals surface area (Å²) in [4.78, 5) is 15.3. The van der Waals surface area contributed by atoms with Crippen molar-refractivity contribution in [3.05, 3.63) is 70.0 Å². The molecule has 1 aliphatic rings. The maximum Gasteiger partial charge on any atom is 0.254 e. The SMILES string of the molecule is CC1CCCC(N(Cc2c(F)cccc2Cl)C(=O)c2ccc(CS(C)(=O)=O)cc2)C1C. The van der Waals surface area contributed by atoms with Crippen LogP contribution in [0, 0.1) is 17.7 Å². The first-order chi connectivity index (χ1) is 14.6. The summed E-state index contributed by atoms with van der Waals surface area (Å²) in [5.41, 5.74) is 1.40. The van der Waals surface area contributed by atoms with E-state index < -0.39 is 15.7 Å². The molecule has 1 saturated carbocycles. The van der Waals surface area contributed by atoms with E-state index in [-0.39, 0.29) is 30.2 Å². The van der Waals surface area contributed by atoms with Crippen LogP contribution in [-0.4, -0.2) is 31.5 Å². The fourth-order valence-electron chi connectivity index (χ4n) is 4.40. The summed E-state index contributed by atoms with van der Waals surface area (Å²) in [6, 6.07) is 11.1. The van der Waals surface area contributed by atoms with Gasteiger partial charge in [-0.3, -0.25) is 4.79 Å². The van der Waals surface area contributed by atoms with E-state index >= 15 is 0 Å². The van der Waals surface area contributed by atoms with Crippen LogP contribution in [0.15, 0.2) is 42.5 Å². The molecule has 2 aromatic rings. The summed E-state index contributed by atoms with van der Waals surface area (Å²) in [6.07, 6.45) is 4.16. The highest BCUT2D eigenvalue weighted by Gasteiger charge is 2.35. The van der Waals surface area contributed by atoms with Crippen molar-refractivity contribution < 1.29 is 17.6 Å². The average Bonchev–Trinajstić information content (AvgIpc) is 2.69. The van der Waals surface area contributed by atoms with Crippen molar-refractivity contribution in [1.29, 1.82) is 0 Å². The molecule has 0 aromatic heterocycles. The van der Waals surface area contributed by atoms with Crippen LogP contribution in [0.4, 0.5) is 4.39 Å². The molecule has 4 nitrogen and oxygen atoms in total. The zero-order chi connectivity index (χ0) is 22.8. The van der Waals surface area contributed by atoms with Gasteiger partial charge in [-0.25, -0.2) is 12.8 Å². The topological polar surface area (TPSA) is 54.5 Å². The Kier molecular flexibility index (Phi) is 7.43. The third-order valence-corrected chi connectivity index (χ3v) is 7.56. The Labute approximate surface area is 189 Å². The van der Waals surface area contributed by atoms with Gasteiger partial charge in [-0.05, 0) is 48.1 Å². The number of rotatable bonds is 6. The second-order valence-electron chi connectivity index (χ2n) is 8.73. The molecule has 1 aliphatic carbocycles. The molecule has 3 atom stereocenters. The molecule has 2 aromatic carbocycles. The third-order valence-electron chi connectivity index (χ3n) is 6.34. The highest BCUT2D eigenvalue weighted by molar-refractivity contribution is 7.89. The van der Waals surface area contributed by atoms with Crippen LogP contribution in [0.5, 0.6) is 0 Å². The van der Waals surface area contributed by atoms with Crippen molar-refractivity contribution in [2.45, 2.75) is 51.4 Å². The monoisotopic (exact) mass is 465 g/mol. The number of sulfone groups is 1. The predicted molar refractivity (Wildman–Crippen MR) is 122 cm³/mol. The molecule has 1 fully saturated rings. The van der Waals surface area contributed by atoms with Gasteiger partial charge < -0.3 is 4.90 Å². The number of benzene rings is 2. The normalized spacial score (nSPS) is 21.6. The van der Waals surface area contributed by atoms with Gasteiger partial charge in [-0.15, -0.1) is 0 Å². The largest absolute Gasteiger partial charge is 0.331 e. The summed E-state index contributed by atoms with van der Waals surface area (Å²) in [7, 11) is -3.16. The zero-order valence-corrected chi connectivity index (χ0v) is 19.7. The van der Waals surface area contributed by atoms with E-state index in [0.717, 1.165) is 19.3 Å². The molecule has 0 heterocycles. The minimum atomic E-state index is -3.16. The van der Waals surface area contributed by atoms with E-state index in [1.807, 2.05) is 0 Å². The first kappa shape index (κ1) is 23.7. The minimum Gasteiger partial charge on any atom is -0.331 e. The van der Waals surface area contributed by atoms with Crippen LogP contribution >= 0.6 is 11.6 Å². The smallest absolute Gasteiger partial charge is 0.254 e. The van der Waals surface area contributed by atoms with E-state index in [0.29, 0.717) is 27.6 Å². The van der Waals surface area contributed by atoms with Crippen LogP contribution in [-0.2, 0) is 22.1 Å². The predicted octanol–water partition coefficient (Wildman–Crippen LogP) is 5.49. The Bertz CT molecular complexity index is 1020. The highest BCUT2D eigenvalue weighted by atomic mass is 35.5. The molecule has 0 spiro atoms. The van der Waals surface area contributed by atoms with Gasteiger partial charge in [-0.1, -0.05) is 56.5 Å². The number of halogens is 2. The second-order valence-corrected chi connectivity index (χ2v) is 11.3. The van der Waals surface area contributed by atoms with Crippen molar-refractivity contribution in [3.8, 4) is 0 Å². The summed E-state index contributed by atoms with van der Waals surface area (Å²) < 4.78 is 37.6. The zero-order valence-electron chi connectivity index (χ0n) is 18.1. The second kappa shape index (κ2) is 9.70. The van der Waals surface area contributed by atoms with Gasteiger partial charge in [0.25, 0.3) is 5.91 Å². The average molecular weight is 466 g/mol. The molecule has 0 radical (unpaired) electrons. The lowest BCUT2D eigenvalue weighted by Crippen LogP contribution is -2.47. The van der Waals surface area contributed by atoms with Crippen molar-refractivity contribution in [3.63, 3.8) is 0 Å². The van der Waals surface area contributed by atoms with Crippen molar-refractivity contribution in [2.24, 2.45) is 11.8 Å². The van der Waals surface area contributed by atoms with Crippen molar-refractivity contribution in [2.75, 3.05) is 6.26 Å². The fraction of sp³-hybridized carbons (Fsp3) is 0.458.